The topological polar surface area (TPSA) is 34.1 Å². The molecule has 0 aromatic heterocycles. The Bertz CT molecular complexity index is 367. The number of rotatable bonds is 8. The Kier molecular flexibility index (Phi) is 8.67. The molecule has 1 saturated heterocycles. The minimum Gasteiger partial charge on any atom is -0.501 e. The smallest absolute Gasteiger partial charge is 0.101 e. The molecule has 112 valence electrons. The molecule has 0 N–H and O–H groups in total. The van der Waals surface area contributed by atoms with E-state index in [0.29, 0.717) is 0 Å². The summed E-state index contributed by atoms with van der Waals surface area (Å²) in [6.45, 7) is 11.3. The minimum atomic E-state index is 0.833. The summed E-state index contributed by atoms with van der Waals surface area (Å²) in [5.41, 5.74) is 0.985. The van der Waals surface area contributed by atoms with Crippen LogP contribution in [0.1, 0.15) is 13.3 Å². The summed E-state index contributed by atoms with van der Waals surface area (Å²) in [4.78, 5) is 6.90. The van der Waals surface area contributed by atoms with Crippen LogP contribution < -0.4 is 0 Å². The number of hydrogen-bond donors (Lipinski definition) is 0. The summed E-state index contributed by atoms with van der Waals surface area (Å²) in [5, 5.41) is 0. The SMILES string of the molecule is C=C/C=C\C(C=NCCCN1CCOCC1)=C(/C)OC. The molecule has 1 aliphatic rings. The van der Waals surface area contributed by atoms with Crippen LogP contribution in [0.25, 0.3) is 0 Å². The van der Waals surface area contributed by atoms with Gasteiger partial charge >= 0.3 is 0 Å². The zero-order valence-electron chi connectivity index (χ0n) is 12.7. The third-order valence-electron chi connectivity index (χ3n) is 3.22. The standard InChI is InChI=1S/C16H26N2O2/c1-4-5-7-16(15(2)19-3)14-17-8-6-9-18-10-12-20-13-11-18/h4-5,7,14H,1,6,8-13H2,2-3H3/b7-5-,16-15-,17-14?. The molecule has 0 saturated carbocycles. The minimum absolute atomic E-state index is 0.833. The lowest BCUT2D eigenvalue weighted by Crippen LogP contribution is -2.37. The van der Waals surface area contributed by atoms with E-state index in [9.17, 15) is 0 Å². The van der Waals surface area contributed by atoms with Gasteiger partial charge in [-0.3, -0.25) is 9.89 Å². The second-order valence-electron chi connectivity index (χ2n) is 4.65. The number of ether oxygens (including phenoxy) is 2. The first kappa shape index (κ1) is 16.7. The van der Waals surface area contributed by atoms with E-state index in [1.54, 1.807) is 13.2 Å². The summed E-state index contributed by atoms with van der Waals surface area (Å²) in [6.07, 6.45) is 8.53. The highest BCUT2D eigenvalue weighted by atomic mass is 16.5. The Morgan fingerprint density at radius 3 is 2.80 bits per heavy atom. The second-order valence-corrected chi connectivity index (χ2v) is 4.65. The Labute approximate surface area is 122 Å². The van der Waals surface area contributed by atoms with Gasteiger partial charge in [0.05, 0.1) is 20.3 Å². The molecule has 0 amide bonds. The van der Waals surface area contributed by atoms with Crippen LogP contribution in [0.15, 0.2) is 41.1 Å². The van der Waals surface area contributed by atoms with Crippen molar-refractivity contribution in [3.63, 3.8) is 0 Å². The fourth-order valence-electron chi connectivity index (χ4n) is 1.91. The van der Waals surface area contributed by atoms with Gasteiger partial charge in [-0.05, 0) is 13.3 Å². The van der Waals surface area contributed by atoms with Crippen molar-refractivity contribution in [3.05, 3.63) is 36.1 Å². The van der Waals surface area contributed by atoms with Crippen molar-refractivity contribution in [1.29, 1.82) is 0 Å². The molecule has 4 nitrogen and oxygen atoms in total. The molecule has 4 heteroatoms. The van der Waals surface area contributed by atoms with Gasteiger partial charge in [-0.25, -0.2) is 0 Å². The van der Waals surface area contributed by atoms with E-state index in [4.69, 9.17) is 9.47 Å². The number of aliphatic imine (C=N–C) groups is 1. The third-order valence-corrected chi connectivity index (χ3v) is 3.22. The van der Waals surface area contributed by atoms with E-state index in [1.165, 1.54) is 0 Å². The number of allylic oxidation sites excluding steroid dienone is 5. The van der Waals surface area contributed by atoms with Crippen molar-refractivity contribution in [2.75, 3.05) is 46.5 Å². The Hall–Kier alpha value is -1.39. The second kappa shape index (κ2) is 10.4. The molecule has 0 aromatic carbocycles. The molecule has 0 bridgehead atoms. The van der Waals surface area contributed by atoms with Crippen LogP contribution in [0.4, 0.5) is 0 Å². The van der Waals surface area contributed by atoms with Crippen LogP contribution in [0.5, 0.6) is 0 Å². The van der Waals surface area contributed by atoms with Crippen molar-refractivity contribution in [2.45, 2.75) is 13.3 Å². The Morgan fingerprint density at radius 2 is 2.15 bits per heavy atom. The van der Waals surface area contributed by atoms with Crippen LogP contribution in [0.3, 0.4) is 0 Å². The van der Waals surface area contributed by atoms with Crippen molar-refractivity contribution in [3.8, 4) is 0 Å². The lowest BCUT2D eigenvalue weighted by atomic mass is 10.2. The fraction of sp³-hybridized carbons (Fsp3) is 0.562. The van der Waals surface area contributed by atoms with E-state index in [2.05, 4.69) is 16.5 Å². The molecule has 20 heavy (non-hydrogen) atoms. The van der Waals surface area contributed by atoms with E-state index in [-0.39, 0.29) is 0 Å². The molecule has 1 heterocycles. The third kappa shape index (κ3) is 6.68. The van der Waals surface area contributed by atoms with E-state index >= 15 is 0 Å². The molecule has 0 atom stereocenters. The lowest BCUT2D eigenvalue weighted by Gasteiger charge is -2.26. The van der Waals surface area contributed by atoms with Crippen LogP contribution in [-0.4, -0.2) is 57.6 Å². The molecule has 0 aromatic rings. The molecule has 1 aliphatic heterocycles. The number of methoxy groups -OCH3 is 1. The summed E-state index contributed by atoms with van der Waals surface area (Å²) in [5.74, 6) is 0.861. The van der Waals surface area contributed by atoms with Gasteiger partial charge in [0.15, 0.2) is 0 Å². The Morgan fingerprint density at radius 1 is 1.40 bits per heavy atom. The first-order valence-electron chi connectivity index (χ1n) is 7.12. The maximum Gasteiger partial charge on any atom is 0.101 e. The van der Waals surface area contributed by atoms with Crippen molar-refractivity contribution in [2.24, 2.45) is 4.99 Å². The van der Waals surface area contributed by atoms with Crippen molar-refractivity contribution < 1.29 is 9.47 Å². The zero-order valence-corrected chi connectivity index (χ0v) is 12.7. The first-order valence-corrected chi connectivity index (χ1v) is 7.12. The average molecular weight is 278 g/mol. The summed E-state index contributed by atoms with van der Waals surface area (Å²) in [6, 6.07) is 0. The van der Waals surface area contributed by atoms with Gasteiger partial charge in [0.1, 0.15) is 5.76 Å². The maximum absolute atomic E-state index is 5.33. The molecule has 1 rings (SSSR count). The van der Waals surface area contributed by atoms with Gasteiger partial charge in [-0.2, -0.15) is 0 Å². The number of hydrogen-bond acceptors (Lipinski definition) is 4. The van der Waals surface area contributed by atoms with Gasteiger partial charge in [-0.1, -0.05) is 24.8 Å². The maximum atomic E-state index is 5.33. The Balaban J connectivity index is 2.33. The van der Waals surface area contributed by atoms with Crippen LogP contribution in [0, 0.1) is 0 Å². The van der Waals surface area contributed by atoms with Gasteiger partial charge in [0.2, 0.25) is 0 Å². The van der Waals surface area contributed by atoms with Crippen LogP contribution in [-0.2, 0) is 9.47 Å². The van der Waals surface area contributed by atoms with Gasteiger partial charge in [0.25, 0.3) is 0 Å². The molecule has 0 unspecified atom stereocenters. The number of morpholine rings is 1. The summed E-state index contributed by atoms with van der Waals surface area (Å²) < 4.78 is 10.6. The lowest BCUT2D eigenvalue weighted by molar-refractivity contribution is 0.0377. The summed E-state index contributed by atoms with van der Waals surface area (Å²) in [7, 11) is 1.67. The van der Waals surface area contributed by atoms with Gasteiger partial charge in [0, 0.05) is 38.0 Å². The first-order chi connectivity index (χ1) is 9.77. The van der Waals surface area contributed by atoms with E-state index < -0.39 is 0 Å². The predicted molar refractivity (Wildman–Crippen MR) is 84.3 cm³/mol. The molecule has 0 aliphatic carbocycles. The molecule has 0 radical (unpaired) electrons. The van der Waals surface area contributed by atoms with Crippen LogP contribution in [0.2, 0.25) is 0 Å². The largest absolute Gasteiger partial charge is 0.501 e. The molecule has 0 spiro atoms. The predicted octanol–water partition coefficient (Wildman–Crippen LogP) is 2.44. The van der Waals surface area contributed by atoms with Crippen molar-refractivity contribution in [1.82, 2.24) is 4.90 Å². The monoisotopic (exact) mass is 278 g/mol. The normalized spacial score (nSPS) is 18.5. The van der Waals surface area contributed by atoms with E-state index in [1.807, 2.05) is 25.3 Å². The van der Waals surface area contributed by atoms with Gasteiger partial charge < -0.3 is 9.47 Å². The molecule has 1 fully saturated rings. The highest BCUT2D eigenvalue weighted by Crippen LogP contribution is 2.05. The van der Waals surface area contributed by atoms with Crippen LogP contribution >= 0.6 is 0 Å². The fourth-order valence-corrected chi connectivity index (χ4v) is 1.91. The van der Waals surface area contributed by atoms with Crippen molar-refractivity contribution >= 4 is 6.21 Å². The summed E-state index contributed by atoms with van der Waals surface area (Å²) >= 11 is 0. The molecular weight excluding hydrogens is 252 g/mol. The van der Waals surface area contributed by atoms with E-state index in [0.717, 1.165) is 57.1 Å². The zero-order chi connectivity index (χ0) is 14.6. The number of nitrogens with zero attached hydrogens (tertiary/aromatic N) is 2. The van der Waals surface area contributed by atoms with Gasteiger partial charge in [-0.15, -0.1) is 0 Å². The highest BCUT2D eigenvalue weighted by molar-refractivity contribution is 5.83. The quantitative estimate of drug-likeness (QED) is 0.296. The average Bonchev–Trinajstić information content (AvgIpc) is 2.50. The highest BCUT2D eigenvalue weighted by Gasteiger charge is 2.08. The molecular formula is C16H26N2O2.